The van der Waals surface area contributed by atoms with Crippen LogP contribution in [0.1, 0.15) is 18.0 Å². The van der Waals surface area contributed by atoms with E-state index in [1.54, 1.807) is 16.7 Å². The van der Waals surface area contributed by atoms with Crippen molar-refractivity contribution in [1.82, 2.24) is 45.2 Å². The first-order chi connectivity index (χ1) is 13.5. The molecule has 0 saturated carbocycles. The zero-order chi connectivity index (χ0) is 19.7. The minimum atomic E-state index is -0.301. The van der Waals surface area contributed by atoms with Crippen molar-refractivity contribution in [2.45, 2.75) is 17.3 Å². The highest BCUT2D eigenvalue weighted by molar-refractivity contribution is 7.99. The van der Waals surface area contributed by atoms with Crippen LogP contribution in [0.3, 0.4) is 0 Å². The highest BCUT2D eigenvalue weighted by atomic mass is 35.5. The Hall–Kier alpha value is -3.05. The van der Waals surface area contributed by atoms with Gasteiger partial charge in [-0.3, -0.25) is 4.79 Å². The van der Waals surface area contributed by atoms with Gasteiger partial charge >= 0.3 is 0 Å². The minimum absolute atomic E-state index is 0.124. The second-order valence-electron chi connectivity index (χ2n) is 5.88. The van der Waals surface area contributed by atoms with Crippen molar-refractivity contribution in [2.24, 2.45) is 7.05 Å². The molecule has 1 atom stereocenters. The number of hydrogen-bond donors (Lipinski definition) is 1. The molecule has 1 unspecified atom stereocenters. The molecule has 0 aliphatic rings. The van der Waals surface area contributed by atoms with Gasteiger partial charge in [-0.05, 0) is 30.3 Å². The fourth-order valence-electron chi connectivity index (χ4n) is 2.48. The van der Waals surface area contributed by atoms with Crippen molar-refractivity contribution in [3.63, 3.8) is 0 Å². The molecule has 0 fully saturated rings. The lowest BCUT2D eigenvalue weighted by Crippen LogP contribution is -2.07. The van der Waals surface area contributed by atoms with Crippen LogP contribution in [-0.2, 0) is 7.05 Å². The molecule has 4 aromatic rings. The van der Waals surface area contributed by atoms with Gasteiger partial charge in [0.05, 0.1) is 17.1 Å². The normalized spacial score (nSPS) is 12.2. The first-order valence-corrected chi connectivity index (χ1v) is 9.44. The summed E-state index contributed by atoms with van der Waals surface area (Å²) in [6, 6.07) is 8.63. The van der Waals surface area contributed by atoms with Crippen molar-refractivity contribution in [3.8, 4) is 17.1 Å². The van der Waals surface area contributed by atoms with Crippen LogP contribution in [0.2, 0.25) is 5.02 Å². The third kappa shape index (κ3) is 3.66. The maximum absolute atomic E-state index is 11.5. The lowest BCUT2D eigenvalue weighted by molar-refractivity contribution is 0.717. The van der Waals surface area contributed by atoms with E-state index in [1.807, 2.05) is 26.1 Å². The highest BCUT2D eigenvalue weighted by Gasteiger charge is 2.19. The molecule has 3 heterocycles. The third-order valence-electron chi connectivity index (χ3n) is 3.87. The number of rotatable bonds is 5. The predicted molar refractivity (Wildman–Crippen MR) is 103 cm³/mol. The van der Waals surface area contributed by atoms with Crippen LogP contribution in [-0.4, -0.2) is 45.2 Å². The van der Waals surface area contributed by atoms with E-state index < -0.39 is 0 Å². The summed E-state index contributed by atoms with van der Waals surface area (Å²) in [5, 5.41) is 28.3. The maximum atomic E-state index is 11.5. The zero-order valence-electron chi connectivity index (χ0n) is 14.8. The van der Waals surface area contributed by atoms with Crippen molar-refractivity contribution in [2.75, 3.05) is 0 Å². The topological polar surface area (TPSA) is 120 Å². The number of nitrogens with zero attached hydrogens (tertiary/aromatic N) is 8. The summed E-state index contributed by atoms with van der Waals surface area (Å²) in [4.78, 5) is 12.9. The molecule has 0 amide bonds. The smallest absolute Gasteiger partial charge is 0.264 e. The largest absolute Gasteiger partial charge is 0.305 e. The first-order valence-electron chi connectivity index (χ1n) is 8.18. The number of aromatic amines is 1. The Morgan fingerprint density at radius 3 is 2.86 bits per heavy atom. The Kier molecular flexibility index (Phi) is 4.92. The number of halogens is 1. The summed E-state index contributed by atoms with van der Waals surface area (Å²) in [6.45, 7) is 1.95. The fraction of sp³-hybridized carbons (Fsp3) is 0.188. The monoisotopic (exact) mass is 415 g/mol. The second kappa shape index (κ2) is 7.52. The lowest BCUT2D eigenvalue weighted by Gasteiger charge is -2.06. The summed E-state index contributed by atoms with van der Waals surface area (Å²) in [6.07, 6.45) is 1.53. The van der Waals surface area contributed by atoms with Crippen molar-refractivity contribution in [1.29, 1.82) is 0 Å². The van der Waals surface area contributed by atoms with Crippen molar-refractivity contribution >= 4 is 23.4 Å². The van der Waals surface area contributed by atoms with Gasteiger partial charge in [-0.15, -0.1) is 25.2 Å². The molecule has 1 aromatic carbocycles. The van der Waals surface area contributed by atoms with E-state index in [1.165, 1.54) is 28.8 Å². The summed E-state index contributed by atoms with van der Waals surface area (Å²) < 4.78 is 1.79. The third-order valence-corrected chi connectivity index (χ3v) is 5.24. The summed E-state index contributed by atoms with van der Waals surface area (Å²) in [5.74, 6) is 1.09. The van der Waals surface area contributed by atoms with E-state index in [-0.39, 0.29) is 10.8 Å². The maximum Gasteiger partial charge on any atom is 0.264 e. The van der Waals surface area contributed by atoms with Gasteiger partial charge in [-0.2, -0.15) is 5.10 Å². The zero-order valence-corrected chi connectivity index (χ0v) is 16.4. The van der Waals surface area contributed by atoms with E-state index >= 15 is 0 Å². The van der Waals surface area contributed by atoms with E-state index in [4.69, 9.17) is 11.6 Å². The Morgan fingerprint density at radius 1 is 1.21 bits per heavy atom. The quantitative estimate of drug-likeness (QED) is 0.491. The number of benzene rings is 1. The Bertz CT molecular complexity index is 1180. The molecule has 0 saturated heterocycles. The molecule has 0 aliphatic heterocycles. The Morgan fingerprint density at radius 2 is 2.07 bits per heavy atom. The average Bonchev–Trinajstić information content (AvgIpc) is 3.30. The van der Waals surface area contributed by atoms with Gasteiger partial charge in [0, 0.05) is 23.7 Å². The molecular formula is C16H14ClN9OS. The number of tetrazole rings is 1. The van der Waals surface area contributed by atoms with Crippen LogP contribution in [0, 0.1) is 0 Å². The number of hydrogen-bond acceptors (Lipinski definition) is 8. The molecule has 3 aromatic heterocycles. The van der Waals surface area contributed by atoms with Crippen LogP contribution < -0.4 is 5.56 Å². The van der Waals surface area contributed by atoms with Crippen molar-refractivity contribution in [3.05, 3.63) is 57.7 Å². The van der Waals surface area contributed by atoms with E-state index in [2.05, 4.69) is 35.8 Å². The predicted octanol–water partition coefficient (Wildman–Crippen LogP) is 2.05. The van der Waals surface area contributed by atoms with E-state index in [0.717, 1.165) is 5.69 Å². The van der Waals surface area contributed by atoms with E-state index in [0.29, 0.717) is 27.4 Å². The standard InChI is InChI=1S/C16H14ClN9OS/c1-9(14-20-24-26(23-14)12-5-3-4-11(17)7-12)28-16-22-21-15(25(16)2)10-6-13(27)19-18-8-10/h3-9H,1-2H3,(H,19,27). The lowest BCUT2D eigenvalue weighted by atomic mass is 10.3. The van der Waals surface area contributed by atoms with Gasteiger partial charge in [-0.25, -0.2) is 5.10 Å². The number of nitrogens with one attached hydrogen (secondary N) is 1. The van der Waals surface area contributed by atoms with Gasteiger partial charge in [-0.1, -0.05) is 29.4 Å². The summed E-state index contributed by atoms with van der Waals surface area (Å²) in [5.41, 5.74) is 1.01. The van der Waals surface area contributed by atoms with E-state index in [9.17, 15) is 4.79 Å². The number of aromatic nitrogens is 9. The van der Waals surface area contributed by atoms with Crippen LogP contribution >= 0.6 is 23.4 Å². The molecular weight excluding hydrogens is 402 g/mol. The van der Waals surface area contributed by atoms with Gasteiger partial charge in [0.15, 0.2) is 16.8 Å². The molecule has 142 valence electrons. The minimum Gasteiger partial charge on any atom is -0.305 e. The number of thioether (sulfide) groups is 1. The summed E-state index contributed by atoms with van der Waals surface area (Å²) in [7, 11) is 1.82. The van der Waals surface area contributed by atoms with Gasteiger partial charge < -0.3 is 4.57 Å². The molecule has 12 heteroatoms. The van der Waals surface area contributed by atoms with Crippen molar-refractivity contribution < 1.29 is 0 Å². The molecule has 0 bridgehead atoms. The SMILES string of the molecule is CC(Sc1nnc(-c2cn[nH]c(=O)c2)n1C)c1nnn(-c2cccc(Cl)c2)n1. The fourth-order valence-corrected chi connectivity index (χ4v) is 3.51. The molecule has 0 radical (unpaired) electrons. The van der Waals surface area contributed by atoms with Gasteiger partial charge in [0.1, 0.15) is 0 Å². The summed E-state index contributed by atoms with van der Waals surface area (Å²) >= 11 is 7.45. The molecule has 0 spiro atoms. The molecule has 28 heavy (non-hydrogen) atoms. The average molecular weight is 416 g/mol. The van der Waals surface area contributed by atoms with Gasteiger partial charge in [0.25, 0.3) is 5.56 Å². The van der Waals surface area contributed by atoms with Gasteiger partial charge in [0.2, 0.25) is 0 Å². The van der Waals surface area contributed by atoms with Crippen LogP contribution in [0.4, 0.5) is 0 Å². The number of H-pyrrole nitrogens is 1. The second-order valence-corrected chi connectivity index (χ2v) is 7.62. The Balaban J connectivity index is 1.55. The van der Waals surface area contributed by atoms with Crippen LogP contribution in [0.5, 0.6) is 0 Å². The molecule has 0 aliphatic carbocycles. The highest BCUT2D eigenvalue weighted by Crippen LogP contribution is 2.32. The first kappa shape index (κ1) is 18.3. The van der Waals surface area contributed by atoms with Crippen LogP contribution in [0.15, 0.2) is 46.5 Å². The molecule has 10 nitrogen and oxygen atoms in total. The molecule has 1 N–H and O–H groups in total. The molecule has 4 rings (SSSR count). The van der Waals surface area contributed by atoms with Crippen LogP contribution in [0.25, 0.3) is 17.1 Å². The Labute approximate surface area is 168 Å².